The van der Waals surface area contributed by atoms with Gasteiger partial charge in [0.2, 0.25) is 0 Å². The number of rotatable bonds is 3. The molecule has 1 aromatic carbocycles. The Labute approximate surface area is 133 Å². The van der Waals surface area contributed by atoms with Crippen LogP contribution >= 0.6 is 11.3 Å². The molecule has 120 valence electrons. The zero-order valence-corrected chi connectivity index (χ0v) is 13.0. The SMILES string of the molecule is COc1cnc2cccc(-c3nc(C(F)(F)F)cs3)c2c1OC. The van der Waals surface area contributed by atoms with Crippen molar-refractivity contribution in [1.82, 2.24) is 9.97 Å². The second-order valence-corrected chi connectivity index (χ2v) is 5.45. The molecule has 23 heavy (non-hydrogen) atoms. The van der Waals surface area contributed by atoms with Gasteiger partial charge in [0.15, 0.2) is 17.2 Å². The molecule has 0 aliphatic heterocycles. The van der Waals surface area contributed by atoms with E-state index in [1.54, 1.807) is 18.2 Å². The highest BCUT2D eigenvalue weighted by atomic mass is 32.1. The van der Waals surface area contributed by atoms with E-state index in [0.717, 1.165) is 16.7 Å². The van der Waals surface area contributed by atoms with E-state index in [1.165, 1.54) is 20.4 Å². The number of aromatic nitrogens is 2. The van der Waals surface area contributed by atoms with Gasteiger partial charge >= 0.3 is 6.18 Å². The average Bonchev–Trinajstić information content (AvgIpc) is 3.03. The number of thiazole rings is 1. The summed E-state index contributed by atoms with van der Waals surface area (Å²) < 4.78 is 48.9. The number of alkyl halides is 3. The number of methoxy groups -OCH3 is 2. The largest absolute Gasteiger partial charge is 0.492 e. The van der Waals surface area contributed by atoms with Crippen molar-refractivity contribution in [2.75, 3.05) is 14.2 Å². The van der Waals surface area contributed by atoms with Crippen LogP contribution in [-0.2, 0) is 6.18 Å². The van der Waals surface area contributed by atoms with Crippen LogP contribution in [0.2, 0.25) is 0 Å². The van der Waals surface area contributed by atoms with Crippen molar-refractivity contribution >= 4 is 22.2 Å². The smallest absolute Gasteiger partial charge is 0.434 e. The molecule has 2 heterocycles. The van der Waals surface area contributed by atoms with Crippen molar-refractivity contribution in [3.63, 3.8) is 0 Å². The molecule has 0 radical (unpaired) electrons. The number of ether oxygens (including phenoxy) is 2. The third-order valence-corrected chi connectivity index (χ3v) is 4.14. The first kappa shape index (κ1) is 15.5. The predicted octanol–water partition coefficient (Wildman–Crippen LogP) is 4.39. The maximum atomic E-state index is 12.8. The lowest BCUT2D eigenvalue weighted by atomic mass is 10.1. The minimum atomic E-state index is -4.47. The summed E-state index contributed by atoms with van der Waals surface area (Å²) in [6.07, 6.45) is -2.96. The van der Waals surface area contributed by atoms with Crippen LogP contribution in [0.25, 0.3) is 21.5 Å². The zero-order chi connectivity index (χ0) is 16.6. The first-order chi connectivity index (χ1) is 11.0. The fraction of sp³-hybridized carbons (Fsp3) is 0.200. The van der Waals surface area contributed by atoms with E-state index in [1.807, 2.05) is 0 Å². The van der Waals surface area contributed by atoms with Gasteiger partial charge in [0.25, 0.3) is 0 Å². The molecular weight excluding hydrogens is 329 g/mol. The number of hydrogen-bond donors (Lipinski definition) is 0. The van der Waals surface area contributed by atoms with Crippen LogP contribution in [0.4, 0.5) is 13.2 Å². The van der Waals surface area contributed by atoms with Gasteiger partial charge in [0.1, 0.15) is 5.01 Å². The van der Waals surface area contributed by atoms with Gasteiger partial charge in [-0.3, -0.25) is 4.98 Å². The fourth-order valence-electron chi connectivity index (χ4n) is 2.25. The van der Waals surface area contributed by atoms with Crippen LogP contribution in [-0.4, -0.2) is 24.2 Å². The summed E-state index contributed by atoms with van der Waals surface area (Å²) in [6, 6.07) is 5.15. The topological polar surface area (TPSA) is 44.2 Å². The first-order valence-corrected chi connectivity index (χ1v) is 7.36. The lowest BCUT2D eigenvalue weighted by Gasteiger charge is -2.12. The Morgan fingerprint density at radius 3 is 2.52 bits per heavy atom. The summed E-state index contributed by atoms with van der Waals surface area (Å²) >= 11 is 0.922. The van der Waals surface area contributed by atoms with E-state index in [0.29, 0.717) is 28.0 Å². The number of benzene rings is 1. The highest BCUT2D eigenvalue weighted by Gasteiger charge is 2.34. The second-order valence-electron chi connectivity index (χ2n) is 4.60. The Hall–Kier alpha value is -2.35. The van der Waals surface area contributed by atoms with Crippen molar-refractivity contribution in [3.8, 4) is 22.1 Å². The lowest BCUT2D eigenvalue weighted by molar-refractivity contribution is -0.140. The number of hydrogen-bond acceptors (Lipinski definition) is 5. The number of halogens is 3. The van der Waals surface area contributed by atoms with Gasteiger partial charge in [0.05, 0.1) is 31.3 Å². The van der Waals surface area contributed by atoms with E-state index >= 15 is 0 Å². The van der Waals surface area contributed by atoms with Crippen LogP contribution in [0, 0.1) is 0 Å². The van der Waals surface area contributed by atoms with Crippen molar-refractivity contribution in [2.45, 2.75) is 6.18 Å². The Bertz CT molecular complexity index is 862. The maximum absolute atomic E-state index is 12.8. The highest BCUT2D eigenvalue weighted by Crippen LogP contribution is 2.41. The van der Waals surface area contributed by atoms with Crippen LogP contribution in [0.15, 0.2) is 29.8 Å². The van der Waals surface area contributed by atoms with Gasteiger partial charge in [-0.25, -0.2) is 4.98 Å². The number of fused-ring (bicyclic) bond motifs is 1. The third kappa shape index (κ3) is 2.70. The molecule has 2 aromatic heterocycles. The average molecular weight is 340 g/mol. The van der Waals surface area contributed by atoms with E-state index in [9.17, 15) is 13.2 Å². The molecular formula is C15H11F3N2O2S. The first-order valence-electron chi connectivity index (χ1n) is 6.48. The van der Waals surface area contributed by atoms with Crippen LogP contribution in [0.3, 0.4) is 0 Å². The van der Waals surface area contributed by atoms with Gasteiger partial charge in [-0.05, 0) is 6.07 Å². The van der Waals surface area contributed by atoms with Gasteiger partial charge in [-0.15, -0.1) is 11.3 Å². The molecule has 0 saturated heterocycles. The summed E-state index contributed by atoms with van der Waals surface area (Å²) in [5.74, 6) is 0.817. The maximum Gasteiger partial charge on any atom is 0.434 e. The predicted molar refractivity (Wildman–Crippen MR) is 81.0 cm³/mol. The third-order valence-electron chi connectivity index (χ3n) is 3.26. The molecule has 3 rings (SSSR count). The van der Waals surface area contributed by atoms with Crippen molar-refractivity contribution < 1.29 is 22.6 Å². The number of pyridine rings is 1. The summed E-state index contributed by atoms with van der Waals surface area (Å²) in [4.78, 5) is 7.95. The molecule has 0 amide bonds. The van der Waals surface area contributed by atoms with E-state index in [-0.39, 0.29) is 5.01 Å². The van der Waals surface area contributed by atoms with Crippen molar-refractivity contribution in [3.05, 3.63) is 35.5 Å². The molecule has 0 aliphatic carbocycles. The van der Waals surface area contributed by atoms with E-state index < -0.39 is 11.9 Å². The summed E-state index contributed by atoms with van der Waals surface area (Å²) in [6.45, 7) is 0. The molecule has 0 aliphatic rings. The quantitative estimate of drug-likeness (QED) is 0.709. The monoisotopic (exact) mass is 340 g/mol. The van der Waals surface area contributed by atoms with Gasteiger partial charge in [0, 0.05) is 10.9 Å². The van der Waals surface area contributed by atoms with Gasteiger partial charge < -0.3 is 9.47 Å². The Balaban J connectivity index is 2.27. The molecule has 0 fully saturated rings. The van der Waals surface area contributed by atoms with Crippen LogP contribution in [0.5, 0.6) is 11.5 Å². The molecule has 0 bridgehead atoms. The Morgan fingerprint density at radius 1 is 1.13 bits per heavy atom. The summed E-state index contributed by atoms with van der Waals surface area (Å²) in [5, 5.41) is 1.81. The molecule has 8 heteroatoms. The minimum Gasteiger partial charge on any atom is -0.492 e. The van der Waals surface area contributed by atoms with Crippen molar-refractivity contribution in [2.24, 2.45) is 0 Å². The van der Waals surface area contributed by atoms with E-state index in [4.69, 9.17) is 9.47 Å². The molecule has 0 spiro atoms. The standard InChI is InChI=1S/C15H11F3N2O2S/c1-21-10-6-19-9-5-3-4-8(12(9)13(10)22-2)14-20-11(7-23-14)15(16,17)18/h3-7H,1-2H3. The Kier molecular flexibility index (Phi) is 3.85. The minimum absolute atomic E-state index is 0.247. The summed E-state index contributed by atoms with van der Waals surface area (Å²) in [5.41, 5.74) is 0.194. The highest BCUT2D eigenvalue weighted by molar-refractivity contribution is 7.13. The van der Waals surface area contributed by atoms with Crippen LogP contribution in [0.1, 0.15) is 5.69 Å². The van der Waals surface area contributed by atoms with Gasteiger partial charge in [-0.1, -0.05) is 12.1 Å². The lowest BCUT2D eigenvalue weighted by Crippen LogP contribution is -2.04. The van der Waals surface area contributed by atoms with E-state index in [2.05, 4.69) is 9.97 Å². The van der Waals surface area contributed by atoms with Crippen LogP contribution < -0.4 is 9.47 Å². The molecule has 0 atom stereocenters. The molecule has 0 N–H and O–H groups in total. The molecule has 3 aromatic rings. The summed E-state index contributed by atoms with van der Waals surface area (Å²) in [7, 11) is 2.94. The normalized spacial score (nSPS) is 11.7. The Morgan fingerprint density at radius 2 is 1.91 bits per heavy atom. The number of nitrogens with zero attached hydrogens (tertiary/aromatic N) is 2. The molecule has 0 saturated carbocycles. The molecule has 0 unspecified atom stereocenters. The molecule has 4 nitrogen and oxygen atoms in total. The zero-order valence-electron chi connectivity index (χ0n) is 12.1. The second kappa shape index (κ2) is 5.69. The fourth-order valence-corrected chi connectivity index (χ4v) is 3.11. The van der Waals surface area contributed by atoms with Gasteiger partial charge in [-0.2, -0.15) is 13.2 Å². The van der Waals surface area contributed by atoms with Crippen molar-refractivity contribution in [1.29, 1.82) is 0 Å².